The van der Waals surface area contributed by atoms with Gasteiger partial charge in [0.1, 0.15) is 27.8 Å². The standard InChI is InChI=1S/C98H58N6O5/c1-5-23-60(24-6-1)67-31-13-16-37-79(67)104(82-40-22-39-81-93(82)74-33-14-17-38-80(74)101(81)64-27-9-3-10-28-64)85-43-21-35-72-75-55-77-92(58-90(75)107-96(72)85)109-98(99-77)62-47-45-59(46-48-62)63-49-51-68-69-52-50-66(54-87(69)102(86(68)53-63)65-29-11-4-12-30-65)103(83-41-19-34-71-70-32-15-18-44-88(70)105-94(71)83)84-42-20-36-73-76-56-91-78(57-89(76)106-95(73)84)100-97(108-91)61-25-7-2-8-26-61/h1-58H. The molecule has 7 heterocycles. The van der Waals surface area contributed by atoms with Crippen LogP contribution in [0.4, 0.5) is 34.1 Å². The van der Waals surface area contributed by atoms with E-state index in [1.165, 1.54) is 0 Å². The molecule has 0 aliphatic rings. The monoisotopic (exact) mass is 1400 g/mol. The number of anilines is 6. The molecule has 0 aliphatic heterocycles. The van der Waals surface area contributed by atoms with Crippen LogP contribution < -0.4 is 9.80 Å². The maximum Gasteiger partial charge on any atom is 0.227 e. The molecule has 0 spiro atoms. The molecule has 11 heteroatoms. The van der Waals surface area contributed by atoms with Crippen molar-refractivity contribution in [3.8, 4) is 56.5 Å². The van der Waals surface area contributed by atoms with E-state index < -0.39 is 0 Å². The van der Waals surface area contributed by atoms with Gasteiger partial charge in [-0.2, -0.15) is 0 Å². The lowest BCUT2D eigenvalue weighted by atomic mass is 10.0. The predicted octanol–water partition coefficient (Wildman–Crippen LogP) is 27.5. The van der Waals surface area contributed by atoms with E-state index in [1.807, 2.05) is 54.6 Å². The number of benzene rings is 16. The molecule has 16 aromatic carbocycles. The second-order valence-corrected chi connectivity index (χ2v) is 27.9. The van der Waals surface area contributed by atoms with E-state index in [1.54, 1.807) is 0 Å². The molecule has 0 fully saturated rings. The first-order valence-corrected chi connectivity index (χ1v) is 36.6. The number of fused-ring (bicyclic) bond motifs is 17. The van der Waals surface area contributed by atoms with E-state index in [2.05, 4.69) is 316 Å². The van der Waals surface area contributed by atoms with Crippen LogP contribution in [0.5, 0.6) is 0 Å². The predicted molar refractivity (Wildman–Crippen MR) is 443 cm³/mol. The Balaban J connectivity index is 0.621. The van der Waals surface area contributed by atoms with Crippen LogP contribution in [0.3, 0.4) is 0 Å². The molecule has 510 valence electrons. The molecular formula is C98H58N6O5. The molecule has 109 heavy (non-hydrogen) atoms. The third kappa shape index (κ3) is 9.43. The molecule has 0 atom stereocenters. The van der Waals surface area contributed by atoms with Crippen molar-refractivity contribution in [1.82, 2.24) is 19.1 Å². The number of nitrogens with zero attached hydrogens (tertiary/aromatic N) is 6. The third-order valence-electron chi connectivity index (χ3n) is 21.7. The lowest BCUT2D eigenvalue weighted by Gasteiger charge is -2.28. The second kappa shape index (κ2) is 23.8. The van der Waals surface area contributed by atoms with Crippen molar-refractivity contribution in [2.24, 2.45) is 0 Å². The topological polar surface area (TPSA) is 108 Å². The van der Waals surface area contributed by atoms with Crippen molar-refractivity contribution in [2.45, 2.75) is 0 Å². The molecule has 11 nitrogen and oxygen atoms in total. The highest BCUT2D eigenvalue weighted by Crippen LogP contribution is 2.52. The van der Waals surface area contributed by atoms with Crippen molar-refractivity contribution < 1.29 is 22.1 Å². The fraction of sp³-hybridized carbons (Fsp3) is 0. The molecule has 7 aromatic heterocycles. The molecule has 0 amide bonds. The van der Waals surface area contributed by atoms with Crippen LogP contribution in [0.2, 0.25) is 0 Å². The van der Waals surface area contributed by atoms with Gasteiger partial charge in [-0.1, -0.05) is 212 Å². The van der Waals surface area contributed by atoms with E-state index in [0.717, 1.165) is 188 Å². The fourth-order valence-electron chi connectivity index (χ4n) is 16.9. The average Bonchev–Trinajstić information content (AvgIpc) is 1.49. The molecule has 23 rings (SSSR count). The molecule has 0 saturated heterocycles. The summed E-state index contributed by atoms with van der Waals surface area (Å²) in [6.45, 7) is 0. The number of aromatic nitrogens is 4. The normalized spacial score (nSPS) is 12.0. The average molecular weight is 1400 g/mol. The first kappa shape index (κ1) is 60.5. The highest BCUT2D eigenvalue weighted by Gasteiger charge is 2.29. The largest absolute Gasteiger partial charge is 0.454 e. The maximum atomic E-state index is 7.17. The molecule has 0 bridgehead atoms. The number of hydrogen-bond donors (Lipinski definition) is 0. The summed E-state index contributed by atoms with van der Waals surface area (Å²) in [4.78, 5) is 14.8. The quantitative estimate of drug-likeness (QED) is 0.118. The number of furan rings is 3. The molecular weight excluding hydrogens is 1340 g/mol. The van der Waals surface area contributed by atoms with Gasteiger partial charge in [-0.15, -0.1) is 0 Å². The van der Waals surface area contributed by atoms with Crippen molar-refractivity contribution in [3.05, 3.63) is 352 Å². The van der Waals surface area contributed by atoms with Gasteiger partial charge in [0.2, 0.25) is 11.8 Å². The first-order valence-electron chi connectivity index (χ1n) is 36.6. The SMILES string of the molecule is c1ccc(-c2nc3cc4oc5c(N(c6ccc7c8ccc(-c9ccc(-c%10nc%11cc%12c(cc%11o%10)oc%10c(N(c%11ccccc%11-c%11ccccc%11)c%11cccc%13c%11c%11ccccc%11n%13-c%11ccccc%11)cccc%10%12)cc9)cc8n(-c8ccccc8)c7c6)c6cccc7c6oc6ccccc67)cccc5c4cc3o2)cc1. The number of rotatable bonds is 12. The minimum Gasteiger partial charge on any atom is -0.454 e. The first-order chi connectivity index (χ1) is 54.0. The van der Waals surface area contributed by atoms with E-state index >= 15 is 0 Å². The number of oxazole rings is 2. The zero-order valence-corrected chi connectivity index (χ0v) is 58.2. The van der Waals surface area contributed by atoms with Crippen LogP contribution in [-0.4, -0.2) is 19.1 Å². The molecule has 23 aromatic rings. The zero-order valence-electron chi connectivity index (χ0n) is 58.2. The van der Waals surface area contributed by atoms with E-state index in [0.29, 0.717) is 34.1 Å². The van der Waals surface area contributed by atoms with Crippen LogP contribution >= 0.6 is 0 Å². The van der Waals surface area contributed by atoms with Gasteiger partial charge in [-0.05, 0) is 144 Å². The molecule has 0 aliphatic carbocycles. The maximum absolute atomic E-state index is 7.17. The number of hydrogen-bond acceptors (Lipinski definition) is 9. The molecule has 0 unspecified atom stereocenters. The van der Waals surface area contributed by atoms with Gasteiger partial charge in [0, 0.05) is 99.7 Å². The van der Waals surface area contributed by atoms with E-state index in [-0.39, 0.29) is 0 Å². The fourth-order valence-corrected chi connectivity index (χ4v) is 16.9. The Bertz CT molecular complexity index is 7610. The highest BCUT2D eigenvalue weighted by molar-refractivity contribution is 6.21. The second-order valence-electron chi connectivity index (χ2n) is 27.9. The number of para-hydroxylation sites is 8. The summed E-state index contributed by atoms with van der Waals surface area (Å²) in [5.74, 6) is 1.09. The van der Waals surface area contributed by atoms with Crippen LogP contribution in [0.15, 0.2) is 374 Å². The van der Waals surface area contributed by atoms with Gasteiger partial charge in [-0.25, -0.2) is 9.97 Å². The van der Waals surface area contributed by atoms with E-state index in [4.69, 9.17) is 32.1 Å². The lowest BCUT2D eigenvalue weighted by molar-refractivity contribution is 0.617. The Morgan fingerprint density at radius 3 is 1.39 bits per heavy atom. The summed E-state index contributed by atoms with van der Waals surface area (Å²) in [5, 5.41) is 10.4. The minimum absolute atomic E-state index is 0.522. The Morgan fingerprint density at radius 1 is 0.229 bits per heavy atom. The van der Waals surface area contributed by atoms with Crippen LogP contribution in [-0.2, 0) is 0 Å². The van der Waals surface area contributed by atoms with Crippen molar-refractivity contribution in [1.29, 1.82) is 0 Å². The van der Waals surface area contributed by atoms with Crippen molar-refractivity contribution in [3.63, 3.8) is 0 Å². The summed E-state index contributed by atoms with van der Waals surface area (Å²) in [7, 11) is 0. The zero-order chi connectivity index (χ0) is 71.4. The molecule has 0 radical (unpaired) electrons. The van der Waals surface area contributed by atoms with Gasteiger partial charge >= 0.3 is 0 Å². The van der Waals surface area contributed by atoms with Gasteiger partial charge < -0.3 is 41.0 Å². The lowest BCUT2D eigenvalue weighted by Crippen LogP contribution is -2.12. The molecule has 0 saturated carbocycles. The summed E-state index contributed by atoms with van der Waals surface area (Å²) < 4.78 is 39.0. The van der Waals surface area contributed by atoms with Gasteiger partial charge in [0.05, 0.1) is 50.5 Å². The summed E-state index contributed by atoms with van der Waals surface area (Å²) >= 11 is 0. The Morgan fingerprint density at radius 2 is 0.688 bits per heavy atom. The Kier molecular flexibility index (Phi) is 13.2. The summed E-state index contributed by atoms with van der Waals surface area (Å²) in [6.07, 6.45) is 0. The van der Waals surface area contributed by atoms with Crippen LogP contribution in [0.1, 0.15) is 0 Å². The van der Waals surface area contributed by atoms with Crippen LogP contribution in [0, 0.1) is 0 Å². The summed E-state index contributed by atoms with van der Waals surface area (Å²) in [6, 6.07) is 124. The van der Waals surface area contributed by atoms with Gasteiger partial charge in [-0.3, -0.25) is 0 Å². The van der Waals surface area contributed by atoms with Crippen molar-refractivity contribution >= 4 is 166 Å². The smallest absolute Gasteiger partial charge is 0.227 e. The Hall–Kier alpha value is -14.9. The van der Waals surface area contributed by atoms with E-state index in [9.17, 15) is 0 Å². The molecule has 0 N–H and O–H groups in total. The van der Waals surface area contributed by atoms with Crippen LogP contribution in [0.25, 0.3) is 188 Å². The Labute approximate surface area is 621 Å². The van der Waals surface area contributed by atoms with Gasteiger partial charge in [0.25, 0.3) is 0 Å². The highest BCUT2D eigenvalue weighted by atomic mass is 16.4. The summed E-state index contributed by atoms with van der Waals surface area (Å²) in [5.41, 5.74) is 25.4. The third-order valence-corrected chi connectivity index (χ3v) is 21.7. The van der Waals surface area contributed by atoms with Crippen molar-refractivity contribution in [2.75, 3.05) is 9.80 Å². The minimum atomic E-state index is 0.522. The van der Waals surface area contributed by atoms with Gasteiger partial charge in [0.15, 0.2) is 27.9 Å².